The normalized spacial score (nSPS) is 10.6. The fourth-order valence-electron chi connectivity index (χ4n) is 1.47. The van der Waals surface area contributed by atoms with E-state index in [1.165, 1.54) is 12.1 Å². The van der Waals surface area contributed by atoms with Crippen molar-refractivity contribution < 1.29 is 13.7 Å². The first-order chi connectivity index (χ1) is 8.69. The van der Waals surface area contributed by atoms with Crippen molar-refractivity contribution in [1.82, 2.24) is 15.1 Å². The molecule has 0 amide bonds. The zero-order chi connectivity index (χ0) is 13.0. The zero-order valence-electron chi connectivity index (χ0n) is 9.89. The molecular weight excluding hydrogens is 237 g/mol. The van der Waals surface area contributed by atoms with Crippen molar-refractivity contribution in [1.29, 1.82) is 0 Å². The maximum Gasteiger partial charge on any atom is 0.234 e. The van der Waals surface area contributed by atoms with Gasteiger partial charge in [-0.05, 0) is 18.6 Å². The summed E-state index contributed by atoms with van der Waals surface area (Å²) in [5.74, 6) is 0.143. The lowest BCUT2D eigenvalue weighted by atomic mass is 10.2. The highest BCUT2D eigenvalue weighted by Gasteiger charge is 2.12. The summed E-state index contributed by atoms with van der Waals surface area (Å²) in [6.45, 7) is 1.93. The van der Waals surface area contributed by atoms with Crippen LogP contribution in [0.3, 0.4) is 0 Å². The Morgan fingerprint density at radius 3 is 2.94 bits per heavy atom. The first kappa shape index (κ1) is 12.3. The second kappa shape index (κ2) is 5.48. The highest BCUT2D eigenvalue weighted by molar-refractivity contribution is 5.79. The van der Waals surface area contributed by atoms with E-state index in [4.69, 9.17) is 4.52 Å². The lowest BCUT2D eigenvalue weighted by molar-refractivity contribution is -0.118. The van der Waals surface area contributed by atoms with Crippen LogP contribution >= 0.6 is 0 Å². The molecule has 2 aromatic heterocycles. The first-order valence-electron chi connectivity index (χ1n) is 5.65. The Balaban J connectivity index is 2.10. The van der Waals surface area contributed by atoms with Crippen molar-refractivity contribution in [3.05, 3.63) is 30.0 Å². The van der Waals surface area contributed by atoms with E-state index in [0.29, 0.717) is 12.1 Å². The third kappa shape index (κ3) is 2.97. The molecule has 0 aliphatic rings. The van der Waals surface area contributed by atoms with E-state index in [1.807, 2.05) is 6.92 Å². The number of rotatable bonds is 5. The molecule has 6 heteroatoms. The van der Waals surface area contributed by atoms with Crippen LogP contribution in [-0.4, -0.2) is 20.9 Å². The number of pyridine rings is 1. The molecule has 0 aliphatic carbocycles. The predicted octanol–water partition coefficient (Wildman–Crippen LogP) is 2.18. The fraction of sp³-hybridized carbons (Fsp3) is 0.333. The molecule has 0 aliphatic heterocycles. The van der Waals surface area contributed by atoms with Crippen LogP contribution in [0.15, 0.2) is 22.9 Å². The SMILES string of the molecule is CCCC(=O)Cc1nc(-c2ccc(F)cn2)no1. The fourth-order valence-corrected chi connectivity index (χ4v) is 1.47. The summed E-state index contributed by atoms with van der Waals surface area (Å²) in [4.78, 5) is 19.3. The van der Waals surface area contributed by atoms with Gasteiger partial charge >= 0.3 is 0 Å². The molecule has 0 unspecified atom stereocenters. The van der Waals surface area contributed by atoms with Gasteiger partial charge in [0.2, 0.25) is 11.7 Å². The van der Waals surface area contributed by atoms with E-state index in [2.05, 4.69) is 15.1 Å². The Hall–Kier alpha value is -2.11. The molecule has 0 saturated heterocycles. The summed E-state index contributed by atoms with van der Waals surface area (Å²) in [6.07, 6.45) is 2.49. The average Bonchev–Trinajstić information content (AvgIpc) is 2.78. The van der Waals surface area contributed by atoms with Gasteiger partial charge in [0.1, 0.15) is 17.3 Å². The quantitative estimate of drug-likeness (QED) is 0.812. The monoisotopic (exact) mass is 249 g/mol. The smallest absolute Gasteiger partial charge is 0.234 e. The minimum absolute atomic E-state index is 0.0553. The second-order valence-electron chi connectivity index (χ2n) is 3.84. The predicted molar refractivity (Wildman–Crippen MR) is 61.1 cm³/mol. The molecule has 2 rings (SSSR count). The Labute approximate surface area is 103 Å². The van der Waals surface area contributed by atoms with Gasteiger partial charge in [0.25, 0.3) is 0 Å². The van der Waals surface area contributed by atoms with Crippen molar-refractivity contribution in [2.45, 2.75) is 26.2 Å². The first-order valence-corrected chi connectivity index (χ1v) is 5.65. The van der Waals surface area contributed by atoms with Crippen molar-refractivity contribution in [3.63, 3.8) is 0 Å². The number of hydrogen-bond acceptors (Lipinski definition) is 5. The third-order valence-corrected chi connectivity index (χ3v) is 2.30. The van der Waals surface area contributed by atoms with Gasteiger partial charge in [-0.15, -0.1) is 0 Å². The standard InChI is InChI=1S/C12H12FN3O2/c1-2-3-9(17)6-11-15-12(16-18-11)10-5-4-8(13)7-14-10/h4-5,7H,2-3,6H2,1H3. The molecule has 0 N–H and O–H groups in total. The van der Waals surface area contributed by atoms with Crippen LogP contribution in [0.25, 0.3) is 11.5 Å². The minimum Gasteiger partial charge on any atom is -0.338 e. The average molecular weight is 249 g/mol. The van der Waals surface area contributed by atoms with Crippen LogP contribution in [0.5, 0.6) is 0 Å². The number of aromatic nitrogens is 3. The van der Waals surface area contributed by atoms with E-state index < -0.39 is 5.82 Å². The number of Topliss-reactive ketones (excluding diaryl/α,β-unsaturated/α-hetero) is 1. The molecular formula is C12H12FN3O2. The molecule has 2 aromatic rings. The number of carbonyl (C=O) groups is 1. The number of carbonyl (C=O) groups excluding carboxylic acids is 1. The van der Waals surface area contributed by atoms with Crippen LogP contribution in [0.2, 0.25) is 0 Å². The van der Waals surface area contributed by atoms with Crippen molar-refractivity contribution in [2.75, 3.05) is 0 Å². The van der Waals surface area contributed by atoms with E-state index in [9.17, 15) is 9.18 Å². The molecule has 0 saturated carbocycles. The largest absolute Gasteiger partial charge is 0.338 e. The van der Waals surface area contributed by atoms with Gasteiger partial charge < -0.3 is 4.52 Å². The van der Waals surface area contributed by atoms with Gasteiger partial charge in [-0.25, -0.2) is 9.37 Å². The van der Waals surface area contributed by atoms with Crippen LogP contribution in [0.1, 0.15) is 25.7 Å². The summed E-state index contributed by atoms with van der Waals surface area (Å²) in [5, 5.41) is 3.71. The van der Waals surface area contributed by atoms with Gasteiger partial charge in [0.05, 0.1) is 12.6 Å². The summed E-state index contributed by atoms with van der Waals surface area (Å²) in [5.41, 5.74) is 0.411. The minimum atomic E-state index is -0.430. The van der Waals surface area contributed by atoms with Gasteiger partial charge in [0.15, 0.2) is 0 Å². The van der Waals surface area contributed by atoms with Gasteiger partial charge in [-0.1, -0.05) is 12.1 Å². The molecule has 2 heterocycles. The number of hydrogen-bond donors (Lipinski definition) is 0. The third-order valence-electron chi connectivity index (χ3n) is 2.30. The molecule has 0 radical (unpaired) electrons. The molecule has 94 valence electrons. The van der Waals surface area contributed by atoms with Crippen LogP contribution < -0.4 is 0 Å². The molecule has 0 atom stereocenters. The number of ketones is 1. The Morgan fingerprint density at radius 2 is 2.28 bits per heavy atom. The van der Waals surface area contributed by atoms with E-state index >= 15 is 0 Å². The van der Waals surface area contributed by atoms with Crippen LogP contribution in [0, 0.1) is 5.82 Å². The molecule has 0 bridgehead atoms. The molecule has 5 nitrogen and oxygen atoms in total. The number of halogens is 1. The summed E-state index contributed by atoms with van der Waals surface area (Å²) in [7, 11) is 0. The van der Waals surface area contributed by atoms with Crippen LogP contribution in [-0.2, 0) is 11.2 Å². The molecule has 0 aromatic carbocycles. The highest BCUT2D eigenvalue weighted by atomic mass is 19.1. The molecule has 18 heavy (non-hydrogen) atoms. The number of nitrogens with zero attached hydrogens (tertiary/aromatic N) is 3. The van der Waals surface area contributed by atoms with Crippen molar-refractivity contribution in [3.8, 4) is 11.5 Å². The highest BCUT2D eigenvalue weighted by Crippen LogP contribution is 2.13. The summed E-state index contributed by atoms with van der Waals surface area (Å²) in [6, 6.07) is 2.72. The van der Waals surface area contributed by atoms with Crippen molar-refractivity contribution >= 4 is 5.78 Å². The Kier molecular flexibility index (Phi) is 3.76. The van der Waals surface area contributed by atoms with Gasteiger partial charge in [0, 0.05) is 6.42 Å². The maximum atomic E-state index is 12.7. The molecule has 0 spiro atoms. The van der Waals surface area contributed by atoms with Gasteiger partial charge in [-0.2, -0.15) is 4.98 Å². The zero-order valence-corrected chi connectivity index (χ0v) is 9.89. The lowest BCUT2D eigenvalue weighted by Gasteiger charge is -1.92. The Bertz CT molecular complexity index is 537. The van der Waals surface area contributed by atoms with E-state index in [-0.39, 0.29) is 23.9 Å². The lowest BCUT2D eigenvalue weighted by Crippen LogP contribution is -2.01. The van der Waals surface area contributed by atoms with Crippen molar-refractivity contribution in [2.24, 2.45) is 0 Å². The van der Waals surface area contributed by atoms with Crippen LogP contribution in [0.4, 0.5) is 4.39 Å². The summed E-state index contributed by atoms with van der Waals surface area (Å²) < 4.78 is 17.6. The maximum absolute atomic E-state index is 12.7. The Morgan fingerprint density at radius 1 is 1.44 bits per heavy atom. The van der Waals surface area contributed by atoms with E-state index in [1.54, 1.807) is 0 Å². The van der Waals surface area contributed by atoms with Gasteiger partial charge in [-0.3, -0.25) is 4.79 Å². The summed E-state index contributed by atoms with van der Waals surface area (Å²) >= 11 is 0. The molecule has 0 fully saturated rings. The topological polar surface area (TPSA) is 68.9 Å². The second-order valence-corrected chi connectivity index (χ2v) is 3.84. The van der Waals surface area contributed by atoms with E-state index in [0.717, 1.165) is 12.6 Å².